The van der Waals surface area contributed by atoms with Crippen LogP contribution in [0.5, 0.6) is 0 Å². The summed E-state index contributed by atoms with van der Waals surface area (Å²) < 4.78 is -0.763. The molecule has 2 unspecified atom stereocenters. The van der Waals surface area contributed by atoms with Gasteiger partial charge in [-0.2, -0.15) is 0 Å². The minimum atomic E-state index is -0.947. The highest BCUT2D eigenvalue weighted by atomic mass is 32.1. The van der Waals surface area contributed by atoms with Gasteiger partial charge in [0.05, 0.1) is 6.54 Å². The molecule has 0 bridgehead atoms. The third kappa shape index (κ3) is 2.41. The quantitative estimate of drug-likeness (QED) is 0.660. The van der Waals surface area contributed by atoms with E-state index in [1.165, 1.54) is 30.6 Å². The van der Waals surface area contributed by atoms with E-state index in [1.807, 2.05) is 11.9 Å². The van der Waals surface area contributed by atoms with Crippen molar-refractivity contribution in [2.45, 2.75) is 44.2 Å². The van der Waals surface area contributed by atoms with Crippen molar-refractivity contribution in [1.82, 2.24) is 19.7 Å². The summed E-state index contributed by atoms with van der Waals surface area (Å²) in [6, 6.07) is 0. The van der Waals surface area contributed by atoms with Crippen LogP contribution in [0.1, 0.15) is 43.0 Å². The molecule has 1 aromatic heterocycles. The Morgan fingerprint density at radius 1 is 1.32 bits per heavy atom. The molecule has 19 heavy (non-hydrogen) atoms. The Morgan fingerprint density at radius 3 is 2.68 bits per heavy atom. The minimum absolute atomic E-state index is 0.250. The van der Waals surface area contributed by atoms with Crippen molar-refractivity contribution >= 4 is 16.5 Å². The van der Waals surface area contributed by atoms with Crippen molar-refractivity contribution in [3.8, 4) is 0 Å². The van der Waals surface area contributed by atoms with E-state index in [-0.39, 0.29) is 6.67 Å². The molecule has 7 heteroatoms. The third-order valence-corrected chi connectivity index (χ3v) is 5.31. The van der Waals surface area contributed by atoms with Gasteiger partial charge >= 0.3 is 5.13 Å². The van der Waals surface area contributed by atoms with Crippen molar-refractivity contribution in [3.63, 3.8) is 0 Å². The average molecular weight is 284 g/mol. The molecule has 1 N–H and O–H groups in total. The van der Waals surface area contributed by atoms with Crippen molar-refractivity contribution in [1.29, 1.82) is 0 Å². The molecule has 1 saturated carbocycles. The van der Waals surface area contributed by atoms with Gasteiger partial charge in [-0.3, -0.25) is 9.55 Å². The molecule has 0 amide bonds. The van der Waals surface area contributed by atoms with Gasteiger partial charge in [0.25, 0.3) is 0 Å². The maximum Gasteiger partial charge on any atom is 0.309 e. The number of hydrogen-bond donors (Lipinski definition) is 1. The number of aliphatic hydroxyl groups is 1. The van der Waals surface area contributed by atoms with Crippen LogP contribution in [0.3, 0.4) is 0 Å². The van der Waals surface area contributed by atoms with Crippen LogP contribution in [0.4, 0.5) is 5.13 Å². The summed E-state index contributed by atoms with van der Waals surface area (Å²) in [6.45, 7) is 0.641. The maximum atomic E-state index is 12.7. The Labute approximate surface area is 116 Å². The molecule has 2 fully saturated rings. The molecule has 2 atom stereocenters. The predicted octanol–water partition coefficient (Wildman–Crippen LogP) is 1.61. The van der Waals surface area contributed by atoms with Crippen LogP contribution < -0.4 is 4.65 Å². The smallest absolute Gasteiger partial charge is 0.309 e. The Kier molecular flexibility index (Phi) is 3.57. The number of hydrogen-bond acceptors (Lipinski definition) is 6. The van der Waals surface area contributed by atoms with Gasteiger partial charge in [0.2, 0.25) is 6.23 Å². The lowest BCUT2D eigenvalue weighted by molar-refractivity contribution is 0.0844. The Morgan fingerprint density at radius 2 is 2.05 bits per heavy atom. The highest BCUT2D eigenvalue weighted by Crippen LogP contribution is 2.39. The highest BCUT2D eigenvalue weighted by molar-refractivity contribution is 7.15. The van der Waals surface area contributed by atoms with Gasteiger partial charge in [-0.1, -0.05) is 24.4 Å². The third-order valence-electron chi connectivity index (χ3n) is 4.12. The first-order valence-corrected chi connectivity index (χ1v) is 7.70. The fourth-order valence-corrected chi connectivity index (χ4v) is 4.09. The van der Waals surface area contributed by atoms with Gasteiger partial charge in [0.15, 0.2) is 0 Å². The van der Waals surface area contributed by atoms with E-state index >= 15 is 0 Å². The summed E-state index contributed by atoms with van der Waals surface area (Å²) in [4.78, 5) is 1.83. The van der Waals surface area contributed by atoms with Gasteiger partial charge in [-0.25, -0.2) is 0 Å². The topological polar surface area (TPSA) is 72.3 Å². The van der Waals surface area contributed by atoms with Crippen molar-refractivity contribution in [3.05, 3.63) is 10.2 Å². The predicted molar refractivity (Wildman–Crippen MR) is 74.4 cm³/mol. The maximum absolute atomic E-state index is 12.7. The van der Waals surface area contributed by atoms with Crippen LogP contribution >= 0.6 is 11.3 Å². The van der Waals surface area contributed by atoms with Gasteiger partial charge in [0, 0.05) is 5.92 Å². The van der Waals surface area contributed by atoms with Gasteiger partial charge < -0.3 is 10.3 Å². The molecule has 1 aliphatic carbocycles. The Hall–Kier alpha value is -0.600. The van der Waals surface area contributed by atoms with E-state index in [0.717, 1.165) is 17.8 Å². The summed E-state index contributed by atoms with van der Waals surface area (Å²) in [5.41, 5.74) is 0. The van der Waals surface area contributed by atoms with Crippen LogP contribution in [0, 0.1) is 5.21 Å². The molecular formula is C12H20N4O2S. The number of β-amino-alcohol motifs (C(OH)–C–C–N with tert-alkyl or cyclic N) is 1. The number of quaternary nitrogens is 1. The number of rotatable bonds is 2. The lowest BCUT2D eigenvalue weighted by atomic mass is 9.90. The zero-order valence-electron chi connectivity index (χ0n) is 11.2. The molecule has 0 aromatic carbocycles. The van der Waals surface area contributed by atoms with Gasteiger partial charge in [-0.05, 0) is 31.2 Å². The van der Waals surface area contributed by atoms with Crippen molar-refractivity contribution in [2.24, 2.45) is 0 Å². The van der Waals surface area contributed by atoms with E-state index in [2.05, 4.69) is 10.2 Å². The van der Waals surface area contributed by atoms with Crippen molar-refractivity contribution in [2.75, 3.05) is 20.3 Å². The number of likely N-dealkylation sites (N-methyl/N-ethyl adjacent to an activating group) is 1. The summed E-state index contributed by atoms with van der Waals surface area (Å²) >= 11 is 1.39. The molecule has 106 valence electrons. The molecule has 1 aliphatic heterocycles. The highest BCUT2D eigenvalue weighted by Gasteiger charge is 2.41. The number of aromatic nitrogens is 2. The first kappa shape index (κ1) is 13.4. The van der Waals surface area contributed by atoms with Crippen LogP contribution in [0.25, 0.3) is 0 Å². The first-order valence-electron chi connectivity index (χ1n) is 6.89. The van der Waals surface area contributed by atoms with E-state index in [9.17, 15) is 10.3 Å². The largest absolute Gasteiger partial charge is 0.623 e. The molecular weight excluding hydrogens is 264 g/mol. The van der Waals surface area contributed by atoms with Crippen LogP contribution in [0.2, 0.25) is 0 Å². The van der Waals surface area contributed by atoms with Crippen LogP contribution in [-0.4, -0.2) is 46.7 Å². The summed E-state index contributed by atoms with van der Waals surface area (Å²) in [6.07, 6.45) is 5.13. The van der Waals surface area contributed by atoms with Gasteiger partial charge in [0.1, 0.15) is 11.7 Å². The van der Waals surface area contributed by atoms with E-state index in [4.69, 9.17) is 0 Å². The van der Waals surface area contributed by atoms with E-state index < -0.39 is 10.9 Å². The Bertz CT molecular complexity index is 449. The summed E-state index contributed by atoms with van der Waals surface area (Å²) in [5, 5.41) is 32.3. The standard InChI is InChI=1S/C12H20N4O2S/c1-15-7-10(17)16(18,8-15)12-14-13-11(19-12)9-5-3-2-4-6-9/h9-10,17H,2-8H2,1H3. The number of aliphatic hydroxyl groups excluding tert-OH is 1. The SMILES string of the molecule is CN1CC(O)[N+]([O-])(c2nnc(C3CCCCC3)s2)C1. The van der Waals surface area contributed by atoms with E-state index in [1.54, 1.807) is 0 Å². The molecule has 6 nitrogen and oxygen atoms in total. The Balaban J connectivity index is 1.80. The zero-order chi connectivity index (χ0) is 13.5. The zero-order valence-corrected chi connectivity index (χ0v) is 12.0. The summed E-state index contributed by atoms with van der Waals surface area (Å²) in [5.74, 6) is 0.462. The first-order chi connectivity index (χ1) is 9.09. The fraction of sp³-hybridized carbons (Fsp3) is 0.833. The van der Waals surface area contributed by atoms with Crippen molar-refractivity contribution < 1.29 is 5.11 Å². The second-order valence-corrected chi connectivity index (χ2v) is 6.70. The molecule has 0 radical (unpaired) electrons. The molecule has 0 spiro atoms. The average Bonchev–Trinajstić information content (AvgIpc) is 2.97. The molecule has 1 aromatic rings. The lowest BCUT2D eigenvalue weighted by Crippen LogP contribution is -2.48. The van der Waals surface area contributed by atoms with Gasteiger partial charge in [-0.15, -0.1) is 5.10 Å². The number of nitrogens with zero attached hydrogens (tertiary/aromatic N) is 4. The normalized spacial score (nSPS) is 33.9. The minimum Gasteiger partial charge on any atom is -0.623 e. The van der Waals surface area contributed by atoms with E-state index in [0.29, 0.717) is 17.6 Å². The second-order valence-electron chi connectivity index (χ2n) is 5.71. The molecule has 2 aliphatic rings. The molecule has 1 saturated heterocycles. The lowest BCUT2D eigenvalue weighted by Gasteiger charge is -2.36. The molecule has 2 heterocycles. The fourth-order valence-electron chi connectivity index (χ4n) is 3.00. The van der Waals surface area contributed by atoms with Crippen LogP contribution in [-0.2, 0) is 0 Å². The second kappa shape index (κ2) is 5.06. The monoisotopic (exact) mass is 284 g/mol. The molecule has 3 rings (SSSR count). The summed E-state index contributed by atoms with van der Waals surface area (Å²) in [7, 11) is 1.84. The van der Waals surface area contributed by atoms with Crippen LogP contribution in [0.15, 0.2) is 0 Å². The number of hydroxylamine groups is 2.